The number of hydrogen-bond acceptors (Lipinski definition) is 4. The zero-order chi connectivity index (χ0) is 17.8. The smallest absolute Gasteiger partial charge is 0.387 e. The van der Waals surface area contributed by atoms with E-state index in [0.29, 0.717) is 17.1 Å². The number of carbonyl (C=O) groups is 1. The quantitative estimate of drug-likeness (QED) is 0.742. The highest BCUT2D eigenvalue weighted by atomic mass is 19.3. The van der Waals surface area contributed by atoms with Crippen LogP contribution in [-0.2, 0) is 11.3 Å². The van der Waals surface area contributed by atoms with Crippen molar-refractivity contribution in [1.82, 2.24) is 14.8 Å². The molecule has 0 bridgehead atoms. The molecule has 3 aromatic rings. The van der Waals surface area contributed by atoms with Crippen LogP contribution in [0.25, 0.3) is 22.6 Å². The van der Waals surface area contributed by atoms with E-state index in [-0.39, 0.29) is 12.3 Å². The van der Waals surface area contributed by atoms with Crippen LogP contribution in [0, 0.1) is 0 Å². The van der Waals surface area contributed by atoms with Crippen molar-refractivity contribution in [3.05, 3.63) is 54.7 Å². The summed E-state index contributed by atoms with van der Waals surface area (Å²) in [5, 5.41) is 13.3. The van der Waals surface area contributed by atoms with Crippen molar-refractivity contribution in [2.45, 2.75) is 13.2 Å². The van der Waals surface area contributed by atoms with Gasteiger partial charge in [-0.25, -0.2) is 0 Å². The number of carboxylic acids is 1. The molecule has 0 amide bonds. The summed E-state index contributed by atoms with van der Waals surface area (Å²) in [6.45, 7) is -3.23. The minimum Gasteiger partial charge on any atom is -0.480 e. The van der Waals surface area contributed by atoms with E-state index >= 15 is 0 Å². The number of aliphatic carboxylic acids is 1. The minimum absolute atomic E-state index is 0.0630. The van der Waals surface area contributed by atoms with Gasteiger partial charge in [0.25, 0.3) is 0 Å². The Hall–Kier alpha value is -3.29. The molecule has 0 radical (unpaired) electrons. The summed E-state index contributed by atoms with van der Waals surface area (Å²) in [6.07, 6.45) is 1.17. The van der Waals surface area contributed by atoms with Gasteiger partial charge in [-0.1, -0.05) is 30.3 Å². The van der Waals surface area contributed by atoms with E-state index in [4.69, 9.17) is 5.11 Å². The second kappa shape index (κ2) is 7.08. The highest BCUT2D eigenvalue weighted by Gasteiger charge is 2.14. The third-order valence-electron chi connectivity index (χ3n) is 3.36. The Morgan fingerprint density at radius 3 is 2.52 bits per heavy atom. The average Bonchev–Trinajstić information content (AvgIpc) is 2.99. The molecule has 2 aromatic heterocycles. The first kappa shape index (κ1) is 16.6. The fraction of sp³-hybridized carbons (Fsp3) is 0.118. The molecular formula is C17H13F2N3O3. The number of alkyl halides is 2. The fourth-order valence-corrected chi connectivity index (χ4v) is 2.34. The molecule has 6 nitrogen and oxygen atoms in total. The van der Waals surface area contributed by atoms with Crippen molar-refractivity contribution in [2.75, 3.05) is 0 Å². The molecule has 1 N–H and O–H groups in total. The van der Waals surface area contributed by atoms with Gasteiger partial charge >= 0.3 is 12.6 Å². The van der Waals surface area contributed by atoms with Crippen LogP contribution in [0.3, 0.4) is 0 Å². The Bertz CT molecular complexity index is 865. The molecule has 128 valence electrons. The van der Waals surface area contributed by atoms with Crippen LogP contribution in [0.2, 0.25) is 0 Å². The topological polar surface area (TPSA) is 77.2 Å². The molecule has 0 atom stereocenters. The maximum absolute atomic E-state index is 12.2. The monoisotopic (exact) mass is 345 g/mol. The summed E-state index contributed by atoms with van der Waals surface area (Å²) in [4.78, 5) is 15.1. The number of carboxylic acid groups (broad SMARTS) is 1. The highest BCUT2D eigenvalue weighted by Crippen LogP contribution is 2.26. The van der Waals surface area contributed by atoms with Crippen LogP contribution in [0.5, 0.6) is 5.75 Å². The van der Waals surface area contributed by atoms with Crippen LogP contribution in [0.1, 0.15) is 0 Å². The molecule has 8 heteroatoms. The van der Waals surface area contributed by atoms with Gasteiger partial charge in [-0.15, -0.1) is 0 Å². The zero-order valence-electron chi connectivity index (χ0n) is 12.8. The van der Waals surface area contributed by atoms with Gasteiger partial charge in [0, 0.05) is 0 Å². The molecule has 25 heavy (non-hydrogen) atoms. The first-order valence-electron chi connectivity index (χ1n) is 7.29. The number of rotatable bonds is 6. The number of pyridine rings is 1. The van der Waals surface area contributed by atoms with Gasteiger partial charge in [0.15, 0.2) is 0 Å². The lowest BCUT2D eigenvalue weighted by Gasteiger charge is -2.04. The van der Waals surface area contributed by atoms with Crippen molar-refractivity contribution >= 4 is 5.97 Å². The molecule has 0 unspecified atom stereocenters. The summed E-state index contributed by atoms with van der Waals surface area (Å²) < 4.78 is 30.0. The van der Waals surface area contributed by atoms with E-state index in [1.165, 1.54) is 23.0 Å². The summed E-state index contributed by atoms with van der Waals surface area (Å²) >= 11 is 0. The van der Waals surface area contributed by atoms with Crippen LogP contribution < -0.4 is 4.74 Å². The number of ether oxygens (including phenoxy) is 1. The fourth-order valence-electron chi connectivity index (χ4n) is 2.34. The van der Waals surface area contributed by atoms with Gasteiger partial charge in [-0.3, -0.25) is 14.5 Å². The first-order chi connectivity index (χ1) is 12.0. The predicted molar refractivity (Wildman–Crippen MR) is 85.2 cm³/mol. The van der Waals surface area contributed by atoms with Crippen molar-refractivity contribution in [3.63, 3.8) is 0 Å². The largest absolute Gasteiger partial charge is 0.480 e. The lowest BCUT2D eigenvalue weighted by atomic mass is 10.1. The summed E-state index contributed by atoms with van der Waals surface area (Å²) in [6, 6.07) is 13.7. The molecule has 1 aromatic carbocycles. The van der Waals surface area contributed by atoms with Crippen molar-refractivity contribution in [3.8, 4) is 28.4 Å². The molecule has 3 rings (SSSR count). The third kappa shape index (κ3) is 3.97. The molecule has 2 heterocycles. The van der Waals surface area contributed by atoms with E-state index in [1.807, 2.05) is 30.3 Å². The van der Waals surface area contributed by atoms with Crippen LogP contribution in [0.15, 0.2) is 54.7 Å². The summed E-state index contributed by atoms with van der Waals surface area (Å²) in [5.74, 6) is -1.09. The molecule has 0 aliphatic rings. The minimum atomic E-state index is -2.92. The average molecular weight is 345 g/mol. The predicted octanol–water partition coefficient (Wildman–Crippen LogP) is 3.30. The van der Waals surface area contributed by atoms with E-state index in [2.05, 4.69) is 14.8 Å². The maximum atomic E-state index is 12.2. The van der Waals surface area contributed by atoms with Gasteiger partial charge in [0.2, 0.25) is 0 Å². The Balaban J connectivity index is 1.97. The van der Waals surface area contributed by atoms with Gasteiger partial charge < -0.3 is 9.84 Å². The second-order valence-corrected chi connectivity index (χ2v) is 5.09. The normalized spacial score (nSPS) is 10.8. The third-order valence-corrected chi connectivity index (χ3v) is 3.36. The molecule has 0 aliphatic heterocycles. The maximum Gasteiger partial charge on any atom is 0.387 e. The van der Waals surface area contributed by atoms with Crippen molar-refractivity contribution < 1.29 is 23.4 Å². The molecular weight excluding hydrogens is 332 g/mol. The van der Waals surface area contributed by atoms with E-state index in [9.17, 15) is 13.6 Å². The van der Waals surface area contributed by atoms with Gasteiger partial charge in [-0.05, 0) is 23.8 Å². The molecule has 0 saturated heterocycles. The van der Waals surface area contributed by atoms with Crippen molar-refractivity contribution in [1.29, 1.82) is 0 Å². The molecule has 0 saturated carbocycles. The second-order valence-electron chi connectivity index (χ2n) is 5.09. The van der Waals surface area contributed by atoms with E-state index < -0.39 is 12.6 Å². The zero-order valence-corrected chi connectivity index (χ0v) is 12.8. The number of halogens is 2. The molecule has 0 fully saturated rings. The highest BCUT2D eigenvalue weighted by molar-refractivity contribution is 5.71. The Morgan fingerprint density at radius 2 is 1.92 bits per heavy atom. The van der Waals surface area contributed by atoms with Gasteiger partial charge in [0.1, 0.15) is 18.0 Å². The van der Waals surface area contributed by atoms with E-state index in [1.54, 1.807) is 6.07 Å². The lowest BCUT2D eigenvalue weighted by molar-refractivity contribution is -0.137. The number of benzene rings is 1. The molecule has 0 spiro atoms. The van der Waals surface area contributed by atoms with Crippen LogP contribution in [-0.4, -0.2) is 32.5 Å². The van der Waals surface area contributed by atoms with Crippen LogP contribution in [0.4, 0.5) is 8.78 Å². The van der Waals surface area contributed by atoms with Crippen molar-refractivity contribution in [2.24, 2.45) is 0 Å². The Morgan fingerprint density at radius 1 is 1.16 bits per heavy atom. The Kier molecular flexibility index (Phi) is 4.69. The molecule has 0 aliphatic carbocycles. The first-order valence-corrected chi connectivity index (χ1v) is 7.29. The summed E-state index contributed by atoms with van der Waals surface area (Å²) in [5.41, 5.74) is 2.28. The number of nitrogens with zero attached hydrogens (tertiary/aromatic N) is 3. The van der Waals surface area contributed by atoms with E-state index in [0.717, 1.165) is 5.56 Å². The van der Waals surface area contributed by atoms with Gasteiger partial charge in [-0.2, -0.15) is 13.9 Å². The number of hydrogen-bond donors (Lipinski definition) is 1. The Labute approximate surface area is 141 Å². The van der Waals surface area contributed by atoms with Crippen LogP contribution >= 0.6 is 0 Å². The van der Waals surface area contributed by atoms with Gasteiger partial charge in [0.05, 0.1) is 17.6 Å². The number of aromatic nitrogens is 3. The standard InChI is InChI=1S/C17H13F2N3O3/c18-17(19)25-12-6-7-13(20-9-12)14-8-15(11-4-2-1-3-5-11)22(21-14)10-16(23)24/h1-9,17H,10H2,(H,23,24). The SMILES string of the molecule is O=C(O)Cn1nc(-c2ccc(OC(F)F)cn2)cc1-c1ccccc1. The lowest BCUT2D eigenvalue weighted by Crippen LogP contribution is -2.11. The summed E-state index contributed by atoms with van der Waals surface area (Å²) in [7, 11) is 0.